The molecule has 3 N–H and O–H groups in total. The Morgan fingerprint density at radius 1 is 1.44 bits per heavy atom. The third-order valence-corrected chi connectivity index (χ3v) is 3.86. The minimum atomic E-state index is -0.207. The van der Waals surface area contributed by atoms with E-state index < -0.39 is 0 Å². The van der Waals surface area contributed by atoms with Gasteiger partial charge < -0.3 is 10.8 Å². The summed E-state index contributed by atoms with van der Waals surface area (Å²) in [6.07, 6.45) is 0.711. The molecule has 0 saturated carbocycles. The van der Waals surface area contributed by atoms with E-state index in [-0.39, 0.29) is 23.7 Å². The quantitative estimate of drug-likeness (QED) is 0.754. The number of aliphatic hydroxyl groups is 1. The van der Waals surface area contributed by atoms with Gasteiger partial charge in [0.1, 0.15) is 5.82 Å². The van der Waals surface area contributed by atoms with Crippen LogP contribution < -0.4 is 5.73 Å². The van der Waals surface area contributed by atoms with Crippen LogP contribution in [0.4, 0.5) is 4.39 Å². The lowest BCUT2D eigenvalue weighted by molar-refractivity contribution is 0.296. The van der Waals surface area contributed by atoms with Crippen LogP contribution in [0.5, 0.6) is 0 Å². The van der Waals surface area contributed by atoms with Gasteiger partial charge in [0.15, 0.2) is 0 Å². The summed E-state index contributed by atoms with van der Waals surface area (Å²) in [6.45, 7) is 2.04. The minimum Gasteiger partial charge on any atom is -0.396 e. The third kappa shape index (κ3) is 3.77. The summed E-state index contributed by atoms with van der Waals surface area (Å²) in [4.78, 5) is 0. The van der Waals surface area contributed by atoms with E-state index in [1.165, 1.54) is 6.07 Å². The average Bonchev–Trinajstić information content (AvgIpc) is 2.25. The summed E-state index contributed by atoms with van der Waals surface area (Å²) >= 11 is 1.60. The molecule has 2 atom stereocenters. The molecule has 0 fully saturated rings. The number of halogens is 1. The molecule has 90 valence electrons. The largest absolute Gasteiger partial charge is 0.396 e. The number of benzene rings is 1. The zero-order chi connectivity index (χ0) is 12.0. The molecule has 2 nitrogen and oxygen atoms in total. The van der Waals surface area contributed by atoms with Crippen molar-refractivity contribution in [3.8, 4) is 0 Å². The second kappa shape index (κ2) is 6.89. The molecular formula is C12H18FNOS. The Morgan fingerprint density at radius 3 is 2.69 bits per heavy atom. The summed E-state index contributed by atoms with van der Waals surface area (Å²) < 4.78 is 13.6. The monoisotopic (exact) mass is 243 g/mol. The van der Waals surface area contributed by atoms with Gasteiger partial charge in [-0.15, -0.1) is 0 Å². The smallest absolute Gasteiger partial charge is 0.127 e. The van der Waals surface area contributed by atoms with Crippen molar-refractivity contribution >= 4 is 11.8 Å². The van der Waals surface area contributed by atoms with Crippen molar-refractivity contribution in [3.05, 3.63) is 35.6 Å². The highest BCUT2D eigenvalue weighted by Gasteiger charge is 2.19. The SMILES string of the molecule is CC(N)C(SCCCO)c1ccccc1F. The molecule has 4 heteroatoms. The molecule has 2 unspecified atom stereocenters. The molecule has 0 amide bonds. The van der Waals surface area contributed by atoms with Crippen molar-refractivity contribution in [1.29, 1.82) is 0 Å². The zero-order valence-corrected chi connectivity index (χ0v) is 10.2. The van der Waals surface area contributed by atoms with Gasteiger partial charge >= 0.3 is 0 Å². The molecule has 0 bridgehead atoms. The lowest BCUT2D eigenvalue weighted by atomic mass is 10.1. The van der Waals surface area contributed by atoms with Crippen LogP contribution in [0.25, 0.3) is 0 Å². The van der Waals surface area contributed by atoms with E-state index in [1.54, 1.807) is 23.9 Å². The van der Waals surface area contributed by atoms with Crippen LogP contribution in [-0.4, -0.2) is 23.5 Å². The first kappa shape index (κ1) is 13.5. The lowest BCUT2D eigenvalue weighted by Gasteiger charge is -2.21. The van der Waals surface area contributed by atoms with Crippen molar-refractivity contribution in [3.63, 3.8) is 0 Å². The summed E-state index contributed by atoms with van der Waals surface area (Å²) in [6, 6.07) is 6.61. The van der Waals surface area contributed by atoms with Crippen molar-refractivity contribution in [2.75, 3.05) is 12.4 Å². The van der Waals surface area contributed by atoms with Crippen molar-refractivity contribution in [2.24, 2.45) is 5.73 Å². The van der Waals surface area contributed by atoms with Gasteiger partial charge in [0.2, 0.25) is 0 Å². The Labute approximate surface area is 100 Å². The summed E-state index contributed by atoms with van der Waals surface area (Å²) in [5.74, 6) is 0.582. The van der Waals surface area contributed by atoms with Crippen LogP contribution in [-0.2, 0) is 0 Å². The Balaban J connectivity index is 2.74. The molecule has 0 aliphatic carbocycles. The first-order valence-electron chi connectivity index (χ1n) is 5.39. The van der Waals surface area contributed by atoms with Crippen LogP contribution in [0, 0.1) is 5.82 Å². The van der Waals surface area contributed by atoms with E-state index in [0.29, 0.717) is 12.0 Å². The number of rotatable bonds is 6. The molecule has 1 rings (SSSR count). The first-order valence-corrected chi connectivity index (χ1v) is 6.44. The van der Waals surface area contributed by atoms with E-state index >= 15 is 0 Å². The van der Waals surface area contributed by atoms with Crippen LogP contribution in [0.1, 0.15) is 24.2 Å². The summed E-state index contributed by atoms with van der Waals surface area (Å²) in [7, 11) is 0. The van der Waals surface area contributed by atoms with E-state index in [1.807, 2.05) is 13.0 Å². The minimum absolute atomic E-state index is 0.0484. The fraction of sp³-hybridized carbons (Fsp3) is 0.500. The molecule has 0 aromatic heterocycles. The van der Waals surface area contributed by atoms with Crippen molar-refractivity contribution in [1.82, 2.24) is 0 Å². The van der Waals surface area contributed by atoms with Gasteiger partial charge in [0.05, 0.1) is 0 Å². The predicted molar refractivity (Wildman–Crippen MR) is 67.0 cm³/mol. The van der Waals surface area contributed by atoms with Crippen molar-refractivity contribution in [2.45, 2.75) is 24.6 Å². The van der Waals surface area contributed by atoms with Crippen LogP contribution >= 0.6 is 11.8 Å². The highest BCUT2D eigenvalue weighted by molar-refractivity contribution is 7.99. The highest BCUT2D eigenvalue weighted by Crippen LogP contribution is 2.33. The van der Waals surface area contributed by atoms with Crippen LogP contribution in [0.3, 0.4) is 0 Å². The fourth-order valence-electron chi connectivity index (χ4n) is 1.51. The van der Waals surface area contributed by atoms with Crippen LogP contribution in [0.15, 0.2) is 24.3 Å². The van der Waals surface area contributed by atoms with Gasteiger partial charge in [-0.05, 0) is 25.2 Å². The Bertz CT molecular complexity index is 320. The van der Waals surface area contributed by atoms with Gasteiger partial charge in [-0.3, -0.25) is 0 Å². The van der Waals surface area contributed by atoms with Gasteiger partial charge in [-0.25, -0.2) is 4.39 Å². The number of nitrogens with two attached hydrogens (primary N) is 1. The molecule has 0 aliphatic heterocycles. The first-order chi connectivity index (χ1) is 7.66. The topological polar surface area (TPSA) is 46.2 Å². The fourth-order valence-corrected chi connectivity index (χ4v) is 2.73. The maximum Gasteiger partial charge on any atom is 0.127 e. The molecule has 0 radical (unpaired) electrons. The molecule has 1 aromatic carbocycles. The lowest BCUT2D eigenvalue weighted by Crippen LogP contribution is -2.23. The molecule has 0 saturated heterocycles. The van der Waals surface area contributed by atoms with Crippen LogP contribution in [0.2, 0.25) is 0 Å². The third-order valence-electron chi connectivity index (χ3n) is 2.29. The van der Waals surface area contributed by atoms with Gasteiger partial charge in [-0.1, -0.05) is 18.2 Å². The summed E-state index contributed by atoms with van der Waals surface area (Å²) in [5.41, 5.74) is 6.52. The molecule has 1 aromatic rings. The van der Waals surface area contributed by atoms with Gasteiger partial charge in [-0.2, -0.15) is 11.8 Å². The maximum absolute atomic E-state index is 13.6. The normalized spacial score (nSPS) is 14.8. The van der Waals surface area contributed by atoms with E-state index in [4.69, 9.17) is 10.8 Å². The molecule has 0 spiro atoms. The number of aliphatic hydroxyl groups excluding tert-OH is 1. The predicted octanol–water partition coefficient (Wildman–Crippen LogP) is 2.33. The van der Waals surface area contributed by atoms with Gasteiger partial charge in [0, 0.05) is 23.5 Å². The van der Waals surface area contributed by atoms with E-state index in [0.717, 1.165) is 5.75 Å². The number of hydrogen-bond acceptors (Lipinski definition) is 3. The van der Waals surface area contributed by atoms with Gasteiger partial charge in [0.25, 0.3) is 0 Å². The molecule has 0 heterocycles. The second-order valence-electron chi connectivity index (χ2n) is 3.75. The van der Waals surface area contributed by atoms with Crippen molar-refractivity contribution < 1.29 is 9.50 Å². The number of hydrogen-bond donors (Lipinski definition) is 2. The Morgan fingerprint density at radius 2 is 2.12 bits per heavy atom. The Kier molecular flexibility index (Phi) is 5.80. The average molecular weight is 243 g/mol. The molecule has 0 aliphatic rings. The summed E-state index contributed by atoms with van der Waals surface area (Å²) in [5, 5.41) is 8.68. The Hall–Kier alpha value is -0.580. The zero-order valence-electron chi connectivity index (χ0n) is 9.40. The number of thioether (sulfide) groups is 1. The molecular weight excluding hydrogens is 225 g/mol. The highest BCUT2D eigenvalue weighted by atomic mass is 32.2. The molecule has 16 heavy (non-hydrogen) atoms. The van der Waals surface area contributed by atoms with E-state index in [2.05, 4.69) is 0 Å². The van der Waals surface area contributed by atoms with E-state index in [9.17, 15) is 4.39 Å². The second-order valence-corrected chi connectivity index (χ2v) is 5.00. The standard InChI is InChI=1S/C12H18FNOS/c1-9(14)12(16-8-4-7-15)10-5-2-3-6-11(10)13/h2-3,5-6,9,12,15H,4,7-8,14H2,1H3. The maximum atomic E-state index is 13.6.